The number of anilines is 1. The van der Waals surface area contributed by atoms with Crippen LogP contribution in [0.5, 0.6) is 0 Å². The highest BCUT2D eigenvalue weighted by Crippen LogP contribution is 2.34. The molecular weight excluding hydrogens is 338 g/mol. The van der Waals surface area contributed by atoms with Crippen molar-refractivity contribution in [2.24, 2.45) is 0 Å². The lowest BCUT2D eigenvalue weighted by Crippen LogP contribution is -2.63. The number of Topliss-reactive ketones (excluding diaryl/α,β-unsaturated/α-hetero) is 1. The molecule has 138 valence electrons. The van der Waals surface area contributed by atoms with E-state index < -0.39 is 0 Å². The van der Waals surface area contributed by atoms with Crippen LogP contribution in [0, 0.1) is 0 Å². The fraction of sp³-hybridized carbons (Fsp3) is 0.579. The fourth-order valence-corrected chi connectivity index (χ4v) is 4.02. The quantitative estimate of drug-likeness (QED) is 0.805. The fourth-order valence-electron chi connectivity index (χ4n) is 4.02. The van der Waals surface area contributed by atoms with Crippen LogP contribution >= 0.6 is 12.4 Å². The number of hydrogen-bond donors (Lipinski definition) is 2. The van der Waals surface area contributed by atoms with Crippen molar-refractivity contribution in [3.63, 3.8) is 0 Å². The highest BCUT2D eigenvalue weighted by Gasteiger charge is 2.40. The van der Waals surface area contributed by atoms with Gasteiger partial charge in [-0.25, -0.2) is 0 Å². The molecule has 1 aliphatic carbocycles. The molecule has 1 aromatic rings. The molecule has 5 nitrogen and oxygen atoms in total. The highest BCUT2D eigenvalue weighted by atomic mass is 35.5. The van der Waals surface area contributed by atoms with Crippen molar-refractivity contribution in [3.8, 4) is 0 Å². The molecule has 2 fully saturated rings. The molecule has 3 rings (SSSR count). The van der Waals surface area contributed by atoms with Gasteiger partial charge in [0, 0.05) is 36.4 Å². The molecule has 2 aliphatic rings. The topological polar surface area (TPSA) is 61.4 Å². The van der Waals surface area contributed by atoms with E-state index in [4.69, 9.17) is 0 Å². The summed E-state index contributed by atoms with van der Waals surface area (Å²) in [5.41, 5.74) is 1.47. The number of hydrogen-bond acceptors (Lipinski definition) is 4. The molecule has 0 unspecified atom stereocenters. The first-order valence-electron chi connectivity index (χ1n) is 8.96. The Morgan fingerprint density at radius 1 is 1.24 bits per heavy atom. The average Bonchev–Trinajstić information content (AvgIpc) is 2.58. The van der Waals surface area contributed by atoms with Crippen LogP contribution in [-0.4, -0.2) is 48.3 Å². The smallest absolute Gasteiger partial charge is 0.238 e. The molecule has 1 heterocycles. The number of amides is 1. The SMILES string of the molecule is CC(=O)c1cccc(NC(=O)CN2CCNCC23CCCCC3)c1.Cl. The van der Waals surface area contributed by atoms with E-state index in [1.165, 1.54) is 39.0 Å². The monoisotopic (exact) mass is 365 g/mol. The normalized spacial score (nSPS) is 19.9. The highest BCUT2D eigenvalue weighted by molar-refractivity contribution is 5.97. The summed E-state index contributed by atoms with van der Waals surface area (Å²) in [6.07, 6.45) is 6.15. The van der Waals surface area contributed by atoms with E-state index in [0.29, 0.717) is 17.8 Å². The molecule has 1 spiro atoms. The van der Waals surface area contributed by atoms with E-state index in [9.17, 15) is 9.59 Å². The summed E-state index contributed by atoms with van der Waals surface area (Å²) in [6, 6.07) is 7.15. The van der Waals surface area contributed by atoms with Crippen molar-refractivity contribution >= 4 is 29.8 Å². The Balaban J connectivity index is 0.00000225. The molecule has 2 N–H and O–H groups in total. The van der Waals surface area contributed by atoms with Crippen LogP contribution in [-0.2, 0) is 4.79 Å². The first kappa shape index (κ1) is 19.9. The lowest BCUT2D eigenvalue weighted by Gasteiger charge is -2.49. The van der Waals surface area contributed by atoms with Gasteiger partial charge in [-0.1, -0.05) is 31.4 Å². The molecule has 1 saturated carbocycles. The summed E-state index contributed by atoms with van der Waals surface area (Å²) < 4.78 is 0. The van der Waals surface area contributed by atoms with Gasteiger partial charge in [-0.05, 0) is 31.9 Å². The van der Waals surface area contributed by atoms with E-state index in [1.54, 1.807) is 18.2 Å². The van der Waals surface area contributed by atoms with Gasteiger partial charge in [0.1, 0.15) is 0 Å². The second kappa shape index (κ2) is 8.79. The molecule has 0 bridgehead atoms. The van der Waals surface area contributed by atoms with E-state index >= 15 is 0 Å². The first-order chi connectivity index (χ1) is 11.6. The lowest BCUT2D eigenvalue weighted by molar-refractivity contribution is -0.120. The first-order valence-corrected chi connectivity index (χ1v) is 8.96. The molecule has 25 heavy (non-hydrogen) atoms. The zero-order valence-electron chi connectivity index (χ0n) is 14.8. The van der Waals surface area contributed by atoms with Crippen molar-refractivity contribution in [1.82, 2.24) is 10.2 Å². The Labute approximate surface area is 155 Å². The summed E-state index contributed by atoms with van der Waals surface area (Å²) >= 11 is 0. The van der Waals surface area contributed by atoms with E-state index in [1.807, 2.05) is 6.07 Å². The van der Waals surface area contributed by atoms with Crippen LogP contribution in [0.1, 0.15) is 49.4 Å². The molecule has 1 aromatic carbocycles. The third-order valence-electron chi connectivity index (χ3n) is 5.35. The van der Waals surface area contributed by atoms with Gasteiger partial charge in [0.05, 0.1) is 6.54 Å². The third-order valence-corrected chi connectivity index (χ3v) is 5.35. The summed E-state index contributed by atoms with van der Waals surface area (Å²) in [5.74, 6) is 0.0110. The van der Waals surface area contributed by atoms with Crippen LogP contribution in [0.4, 0.5) is 5.69 Å². The third kappa shape index (κ3) is 4.81. The van der Waals surface area contributed by atoms with Crippen LogP contribution in [0.15, 0.2) is 24.3 Å². The molecule has 1 saturated heterocycles. The minimum Gasteiger partial charge on any atom is -0.325 e. The average molecular weight is 366 g/mol. The Hall–Kier alpha value is -1.43. The van der Waals surface area contributed by atoms with Gasteiger partial charge < -0.3 is 10.6 Å². The van der Waals surface area contributed by atoms with E-state index in [2.05, 4.69) is 15.5 Å². The predicted molar refractivity (Wildman–Crippen MR) is 103 cm³/mol. The minimum absolute atomic E-state index is 0. The summed E-state index contributed by atoms with van der Waals surface area (Å²) in [4.78, 5) is 26.4. The molecule has 1 aliphatic heterocycles. The Morgan fingerprint density at radius 3 is 2.72 bits per heavy atom. The summed E-state index contributed by atoms with van der Waals surface area (Å²) in [5, 5.41) is 6.46. The number of nitrogens with one attached hydrogen (secondary N) is 2. The second-order valence-corrected chi connectivity index (χ2v) is 7.07. The number of carbonyl (C=O) groups excluding carboxylic acids is 2. The molecule has 0 atom stereocenters. The largest absolute Gasteiger partial charge is 0.325 e. The number of rotatable bonds is 4. The number of ketones is 1. The molecular formula is C19H28ClN3O2. The van der Waals surface area contributed by atoms with Crippen molar-refractivity contribution < 1.29 is 9.59 Å². The van der Waals surface area contributed by atoms with Crippen LogP contribution in [0.2, 0.25) is 0 Å². The number of benzene rings is 1. The lowest BCUT2D eigenvalue weighted by atomic mass is 9.79. The van der Waals surface area contributed by atoms with Gasteiger partial charge >= 0.3 is 0 Å². The summed E-state index contributed by atoms with van der Waals surface area (Å²) in [6.45, 7) is 4.80. The second-order valence-electron chi connectivity index (χ2n) is 7.07. The van der Waals surface area contributed by atoms with Crippen molar-refractivity contribution in [1.29, 1.82) is 0 Å². The minimum atomic E-state index is 0. The van der Waals surface area contributed by atoms with Gasteiger partial charge in [0.25, 0.3) is 0 Å². The maximum Gasteiger partial charge on any atom is 0.238 e. The molecule has 1 amide bonds. The predicted octanol–water partition coefficient (Wildman–Crippen LogP) is 2.86. The van der Waals surface area contributed by atoms with Crippen molar-refractivity contribution in [2.75, 3.05) is 31.5 Å². The Kier molecular flexibility index (Phi) is 6.99. The van der Waals surface area contributed by atoms with E-state index in [-0.39, 0.29) is 29.6 Å². The zero-order chi connectivity index (χ0) is 17.0. The van der Waals surface area contributed by atoms with Gasteiger partial charge in [-0.3, -0.25) is 14.5 Å². The molecule has 0 aromatic heterocycles. The standard InChI is InChI=1S/C19H27N3O2.ClH/c1-15(23)16-6-5-7-17(12-16)21-18(24)13-22-11-10-20-14-19(22)8-3-2-4-9-19;/h5-7,12,20H,2-4,8-11,13-14H2,1H3,(H,21,24);1H. The maximum absolute atomic E-state index is 12.5. The van der Waals surface area contributed by atoms with Crippen LogP contribution in [0.3, 0.4) is 0 Å². The summed E-state index contributed by atoms with van der Waals surface area (Å²) in [7, 11) is 0. The molecule has 6 heteroatoms. The van der Waals surface area contributed by atoms with E-state index in [0.717, 1.165) is 19.6 Å². The Morgan fingerprint density at radius 2 is 2.00 bits per heavy atom. The van der Waals surface area contributed by atoms with Crippen molar-refractivity contribution in [3.05, 3.63) is 29.8 Å². The number of carbonyl (C=O) groups is 2. The van der Waals surface area contributed by atoms with Crippen molar-refractivity contribution in [2.45, 2.75) is 44.6 Å². The van der Waals surface area contributed by atoms with Crippen LogP contribution in [0.25, 0.3) is 0 Å². The molecule has 0 radical (unpaired) electrons. The van der Waals surface area contributed by atoms with Crippen LogP contribution < -0.4 is 10.6 Å². The van der Waals surface area contributed by atoms with Gasteiger partial charge in [0.15, 0.2) is 5.78 Å². The number of halogens is 1. The van der Waals surface area contributed by atoms with Gasteiger partial charge in [0.2, 0.25) is 5.91 Å². The number of piperazine rings is 1. The van der Waals surface area contributed by atoms with Gasteiger partial charge in [-0.15, -0.1) is 12.4 Å². The number of nitrogens with zero attached hydrogens (tertiary/aromatic N) is 1. The van der Waals surface area contributed by atoms with Gasteiger partial charge in [-0.2, -0.15) is 0 Å². The maximum atomic E-state index is 12.5. The zero-order valence-corrected chi connectivity index (χ0v) is 15.7. The Bertz CT molecular complexity index is 606.